The Morgan fingerprint density at radius 3 is 2.87 bits per heavy atom. The van der Waals surface area contributed by atoms with Crippen molar-refractivity contribution in [3.8, 4) is 0 Å². The molecule has 3 rings (SSSR count). The van der Waals surface area contributed by atoms with Crippen LogP contribution in [0.3, 0.4) is 0 Å². The number of ether oxygens (including phenoxy) is 3. The van der Waals surface area contributed by atoms with Gasteiger partial charge in [0, 0.05) is 4.91 Å². The third kappa shape index (κ3) is 2.55. The van der Waals surface area contributed by atoms with Crippen molar-refractivity contribution < 1.29 is 23.8 Å². The number of fused-ring (bicyclic) bond motifs is 1. The summed E-state index contributed by atoms with van der Waals surface area (Å²) in [6, 6.07) is 0. The van der Waals surface area contributed by atoms with E-state index < -0.39 is 29.8 Å². The van der Waals surface area contributed by atoms with E-state index in [4.69, 9.17) is 25.5 Å². The maximum Gasteiger partial charge on any atom is 0.269 e. The first-order valence-electron chi connectivity index (χ1n) is 6.79. The van der Waals surface area contributed by atoms with Crippen LogP contribution in [0, 0.1) is 0 Å². The number of nitrogens with one attached hydrogen (secondary N) is 1. The van der Waals surface area contributed by atoms with Gasteiger partial charge in [-0.05, 0) is 24.5 Å². The molecule has 11 nitrogen and oxygen atoms in total. The second kappa shape index (κ2) is 5.32. The second-order valence-electron chi connectivity index (χ2n) is 5.61. The normalized spacial score (nSPS) is 28.2. The van der Waals surface area contributed by atoms with Gasteiger partial charge in [-0.15, -0.1) is 0 Å². The number of primary amides is 1. The fourth-order valence-corrected chi connectivity index (χ4v) is 2.84. The Bertz CT molecular complexity index is 722. The van der Waals surface area contributed by atoms with Crippen LogP contribution < -0.4 is 5.73 Å². The number of hydrogen-bond acceptors (Lipinski definition) is 6. The van der Waals surface area contributed by atoms with Gasteiger partial charge in [0.2, 0.25) is 0 Å². The molecule has 122 valence electrons. The van der Waals surface area contributed by atoms with E-state index in [9.17, 15) is 9.59 Å². The first-order chi connectivity index (χ1) is 10.8. The molecule has 0 radical (unpaired) electrons. The van der Waals surface area contributed by atoms with E-state index in [1.807, 2.05) is 0 Å². The number of azide groups is 1. The minimum absolute atomic E-state index is 0.171. The van der Waals surface area contributed by atoms with Gasteiger partial charge in [-0.25, -0.2) is 0 Å². The molecule has 2 saturated heterocycles. The topological polar surface area (TPSA) is 165 Å². The number of nitrogens with two attached hydrogens (primary N) is 1. The van der Waals surface area contributed by atoms with Gasteiger partial charge in [-0.1, -0.05) is 0 Å². The molecule has 3 atom stereocenters. The van der Waals surface area contributed by atoms with Crippen molar-refractivity contribution in [3.05, 3.63) is 27.4 Å². The number of carbonyl (C=O) groups excluding carboxylic acids is 2. The van der Waals surface area contributed by atoms with Gasteiger partial charge in [0.25, 0.3) is 11.8 Å². The van der Waals surface area contributed by atoms with E-state index in [1.54, 1.807) is 13.8 Å². The van der Waals surface area contributed by atoms with Gasteiger partial charge in [0.15, 0.2) is 11.5 Å². The van der Waals surface area contributed by atoms with Gasteiger partial charge in [0.1, 0.15) is 18.3 Å². The Hall–Kier alpha value is -2.46. The lowest BCUT2D eigenvalue weighted by Crippen LogP contribution is -2.26. The molecule has 0 unspecified atom stereocenters. The van der Waals surface area contributed by atoms with Crippen molar-refractivity contribution in [2.24, 2.45) is 10.8 Å². The maximum absolute atomic E-state index is 12.0. The van der Waals surface area contributed by atoms with Crippen LogP contribution in [0.25, 0.3) is 10.4 Å². The molecule has 0 aliphatic carbocycles. The van der Waals surface area contributed by atoms with Gasteiger partial charge >= 0.3 is 0 Å². The monoisotopic (exact) mass is 322 g/mol. The lowest BCUT2D eigenvalue weighted by Gasteiger charge is -2.21. The van der Waals surface area contributed by atoms with Crippen molar-refractivity contribution in [1.82, 2.24) is 10.2 Å². The number of amides is 2. The number of aromatic amines is 1. The van der Waals surface area contributed by atoms with Gasteiger partial charge in [0.05, 0.1) is 17.9 Å². The molecule has 0 aromatic carbocycles. The Kier molecular flexibility index (Phi) is 3.57. The van der Waals surface area contributed by atoms with Crippen LogP contribution in [0.4, 0.5) is 0 Å². The maximum atomic E-state index is 12.0. The summed E-state index contributed by atoms with van der Waals surface area (Å²) in [6.07, 6.45) is -1.54. The van der Waals surface area contributed by atoms with E-state index in [1.165, 1.54) is 0 Å². The molecule has 2 fully saturated rings. The molecule has 2 aliphatic rings. The van der Waals surface area contributed by atoms with Crippen LogP contribution >= 0.6 is 0 Å². The predicted octanol–water partition coefficient (Wildman–Crippen LogP) is 0.551. The van der Waals surface area contributed by atoms with Crippen LogP contribution in [0.5, 0.6) is 0 Å². The quantitative estimate of drug-likeness (QED) is 0.468. The van der Waals surface area contributed by atoms with E-state index in [2.05, 4.69) is 20.2 Å². The van der Waals surface area contributed by atoms with Gasteiger partial charge in [-0.2, -0.15) is 5.10 Å². The average molecular weight is 322 g/mol. The van der Waals surface area contributed by atoms with Crippen LogP contribution in [0.2, 0.25) is 0 Å². The molecule has 0 bridgehead atoms. The molecule has 2 aliphatic heterocycles. The smallest absolute Gasteiger partial charge is 0.269 e. The molecule has 23 heavy (non-hydrogen) atoms. The van der Waals surface area contributed by atoms with Crippen LogP contribution in [0.15, 0.2) is 5.11 Å². The van der Waals surface area contributed by atoms with Crippen molar-refractivity contribution in [2.45, 2.75) is 37.9 Å². The highest BCUT2D eigenvalue weighted by atomic mass is 16.8. The summed E-state index contributed by atoms with van der Waals surface area (Å²) in [6.45, 7) is 3.77. The molecular formula is C12H14N6O5. The second-order valence-corrected chi connectivity index (χ2v) is 5.61. The predicted molar refractivity (Wildman–Crippen MR) is 73.1 cm³/mol. The number of H-pyrrole nitrogens is 1. The van der Waals surface area contributed by atoms with Crippen molar-refractivity contribution in [2.75, 3.05) is 6.61 Å². The Morgan fingerprint density at radius 2 is 2.22 bits per heavy atom. The molecular weight excluding hydrogens is 308 g/mol. The number of carbonyl (C=O) groups is 2. The molecule has 3 N–H and O–H groups in total. The number of rotatable bonds is 3. The largest absolute Gasteiger partial charge is 0.366 e. The summed E-state index contributed by atoms with van der Waals surface area (Å²) in [5.41, 5.74) is 13.3. The SMILES string of the molecule is CC1(C)O[C@@H]2[C@@H](CO[C@H]2c2[nH]nc(C(N)=O)c2C(=O)N=[N+]=[N-])O1. The highest BCUT2D eigenvalue weighted by molar-refractivity contribution is 6.06. The fourth-order valence-electron chi connectivity index (χ4n) is 2.84. The lowest BCUT2D eigenvalue weighted by atomic mass is 10.0. The highest BCUT2D eigenvalue weighted by Crippen LogP contribution is 2.42. The van der Waals surface area contributed by atoms with Crippen molar-refractivity contribution >= 4 is 11.8 Å². The fraction of sp³-hybridized carbons (Fsp3) is 0.583. The third-order valence-corrected chi connectivity index (χ3v) is 3.62. The minimum atomic E-state index is -0.977. The lowest BCUT2D eigenvalue weighted by molar-refractivity contribution is -0.176. The van der Waals surface area contributed by atoms with E-state index in [-0.39, 0.29) is 29.7 Å². The average Bonchev–Trinajstić information content (AvgIpc) is 3.09. The summed E-state index contributed by atoms with van der Waals surface area (Å²) >= 11 is 0. The Morgan fingerprint density at radius 1 is 1.48 bits per heavy atom. The zero-order valence-corrected chi connectivity index (χ0v) is 12.3. The summed E-state index contributed by atoms with van der Waals surface area (Å²) in [5.74, 6) is -2.70. The number of aromatic nitrogens is 2. The molecule has 1 aromatic rings. The van der Waals surface area contributed by atoms with Crippen LogP contribution in [-0.4, -0.2) is 46.6 Å². The van der Waals surface area contributed by atoms with E-state index >= 15 is 0 Å². The first-order valence-corrected chi connectivity index (χ1v) is 6.79. The highest BCUT2D eigenvalue weighted by Gasteiger charge is 2.52. The number of hydrogen-bond donors (Lipinski definition) is 2. The van der Waals surface area contributed by atoms with Crippen LogP contribution in [-0.2, 0) is 14.2 Å². The summed E-state index contributed by atoms with van der Waals surface area (Å²) < 4.78 is 17.1. The van der Waals surface area contributed by atoms with Gasteiger partial charge in [-0.3, -0.25) is 14.7 Å². The minimum Gasteiger partial charge on any atom is -0.366 e. The molecule has 11 heteroatoms. The zero-order valence-electron chi connectivity index (χ0n) is 12.3. The molecule has 1 aromatic heterocycles. The Labute approximate surface area is 129 Å². The molecule has 2 amide bonds. The number of nitrogens with zero attached hydrogens (tertiary/aromatic N) is 4. The molecule has 0 spiro atoms. The van der Waals surface area contributed by atoms with Crippen molar-refractivity contribution in [1.29, 1.82) is 0 Å². The molecule has 0 saturated carbocycles. The van der Waals surface area contributed by atoms with E-state index in [0.717, 1.165) is 0 Å². The summed E-state index contributed by atoms with van der Waals surface area (Å²) in [7, 11) is 0. The van der Waals surface area contributed by atoms with Crippen LogP contribution in [0.1, 0.15) is 46.5 Å². The summed E-state index contributed by atoms with van der Waals surface area (Å²) in [4.78, 5) is 25.9. The molecule has 3 heterocycles. The van der Waals surface area contributed by atoms with Crippen molar-refractivity contribution in [3.63, 3.8) is 0 Å². The first kappa shape index (κ1) is 15.4. The summed E-state index contributed by atoms with van der Waals surface area (Å²) in [5, 5.41) is 9.30. The zero-order chi connectivity index (χ0) is 16.8. The van der Waals surface area contributed by atoms with Gasteiger partial charge < -0.3 is 19.9 Å². The Balaban J connectivity index is 2.02. The third-order valence-electron chi connectivity index (χ3n) is 3.62. The van der Waals surface area contributed by atoms with E-state index in [0.29, 0.717) is 0 Å². The standard InChI is InChI=1S/C12H14N6O5/c1-12(2)22-4-3-21-9(8(4)23-12)6-5(11(20)17-18-14)7(10(13)19)16-15-6/h4,8-9H,3H2,1-2H3,(H2,13,19)(H,15,16)/t4-,8-,9+/m1/s1.